The van der Waals surface area contributed by atoms with Gasteiger partial charge >= 0.3 is 0 Å². The lowest BCUT2D eigenvalue weighted by atomic mass is 10.0. The summed E-state index contributed by atoms with van der Waals surface area (Å²) in [7, 11) is 0. The number of benzene rings is 1. The number of rotatable bonds is 6. The Balaban J connectivity index is 1.54. The summed E-state index contributed by atoms with van der Waals surface area (Å²) < 4.78 is 5.60. The van der Waals surface area contributed by atoms with Crippen molar-refractivity contribution in [1.29, 1.82) is 0 Å². The van der Waals surface area contributed by atoms with E-state index in [1.54, 1.807) is 18.2 Å². The second-order valence-electron chi connectivity index (χ2n) is 7.03. The molecule has 6 nitrogen and oxygen atoms in total. The van der Waals surface area contributed by atoms with Gasteiger partial charge in [-0.1, -0.05) is 30.7 Å². The van der Waals surface area contributed by atoms with E-state index < -0.39 is 0 Å². The highest BCUT2D eigenvalue weighted by Gasteiger charge is 2.19. The maximum atomic E-state index is 12.1. The first kappa shape index (κ1) is 19.4. The minimum atomic E-state index is -0.200. The predicted molar refractivity (Wildman–Crippen MR) is 106 cm³/mol. The van der Waals surface area contributed by atoms with Crippen LogP contribution in [0.4, 0.5) is 5.95 Å². The Bertz CT molecular complexity index is 782. The number of carbonyl (C=O) groups excluding carboxylic acids is 1. The van der Waals surface area contributed by atoms with Crippen LogP contribution in [0.1, 0.15) is 31.0 Å². The molecule has 1 aliphatic heterocycles. The van der Waals surface area contributed by atoms with Crippen LogP contribution in [0.15, 0.2) is 30.3 Å². The predicted octanol–water partition coefficient (Wildman–Crippen LogP) is 3.37. The number of carbonyl (C=O) groups is 1. The van der Waals surface area contributed by atoms with Crippen molar-refractivity contribution in [2.75, 3.05) is 24.6 Å². The fourth-order valence-corrected chi connectivity index (χ4v) is 3.23. The van der Waals surface area contributed by atoms with Gasteiger partial charge < -0.3 is 15.0 Å². The highest BCUT2D eigenvalue weighted by Crippen LogP contribution is 2.22. The molecule has 144 valence electrons. The van der Waals surface area contributed by atoms with Crippen LogP contribution in [0.3, 0.4) is 0 Å². The highest BCUT2D eigenvalue weighted by molar-refractivity contribution is 6.30. The molecule has 2 aromatic rings. The Kier molecular flexibility index (Phi) is 6.50. The Morgan fingerprint density at radius 1 is 1.33 bits per heavy atom. The monoisotopic (exact) mass is 388 g/mol. The average molecular weight is 389 g/mol. The molecule has 0 radical (unpaired) electrons. The SMILES string of the molecule is Cc1cc(OCC(=O)NCc2ccc(Cl)cc2)nc(N2CCC[C@H](C)C2)n1. The Hall–Kier alpha value is -2.34. The lowest BCUT2D eigenvalue weighted by Crippen LogP contribution is -2.35. The number of hydrogen-bond acceptors (Lipinski definition) is 5. The normalized spacial score (nSPS) is 16.9. The molecule has 1 fully saturated rings. The fraction of sp³-hybridized carbons (Fsp3) is 0.450. The molecule has 27 heavy (non-hydrogen) atoms. The van der Waals surface area contributed by atoms with E-state index >= 15 is 0 Å². The van der Waals surface area contributed by atoms with Gasteiger partial charge in [-0.25, -0.2) is 4.98 Å². The number of nitrogens with one attached hydrogen (secondary N) is 1. The number of nitrogens with zero attached hydrogens (tertiary/aromatic N) is 3. The van der Waals surface area contributed by atoms with Crippen LogP contribution >= 0.6 is 11.6 Å². The van der Waals surface area contributed by atoms with Crippen molar-refractivity contribution >= 4 is 23.5 Å². The molecule has 0 aliphatic carbocycles. The number of halogens is 1. The summed E-state index contributed by atoms with van der Waals surface area (Å²) >= 11 is 5.86. The number of anilines is 1. The molecule has 1 atom stereocenters. The molecule has 1 amide bonds. The minimum Gasteiger partial charge on any atom is -0.467 e. The molecule has 1 saturated heterocycles. The van der Waals surface area contributed by atoms with Crippen LogP contribution in [0.5, 0.6) is 5.88 Å². The van der Waals surface area contributed by atoms with Gasteiger partial charge in [-0.2, -0.15) is 4.98 Å². The van der Waals surface area contributed by atoms with Crippen LogP contribution in [0.25, 0.3) is 0 Å². The number of piperidine rings is 1. The van der Waals surface area contributed by atoms with Crippen molar-refractivity contribution in [3.8, 4) is 5.88 Å². The highest BCUT2D eigenvalue weighted by atomic mass is 35.5. The zero-order valence-corrected chi connectivity index (χ0v) is 16.5. The molecule has 0 spiro atoms. The molecule has 2 heterocycles. The molecule has 0 saturated carbocycles. The molecule has 1 aromatic carbocycles. The van der Waals surface area contributed by atoms with Gasteiger partial charge in [0.25, 0.3) is 5.91 Å². The second-order valence-corrected chi connectivity index (χ2v) is 7.47. The van der Waals surface area contributed by atoms with Crippen LogP contribution in [0, 0.1) is 12.8 Å². The summed E-state index contributed by atoms with van der Waals surface area (Å²) in [6.45, 7) is 6.40. The van der Waals surface area contributed by atoms with Gasteiger partial charge in [0.2, 0.25) is 11.8 Å². The smallest absolute Gasteiger partial charge is 0.258 e. The van der Waals surface area contributed by atoms with Crippen molar-refractivity contribution in [2.45, 2.75) is 33.2 Å². The number of aromatic nitrogens is 2. The first-order valence-corrected chi connectivity index (χ1v) is 9.62. The summed E-state index contributed by atoms with van der Waals surface area (Å²) in [4.78, 5) is 23.3. The molecule has 0 bridgehead atoms. The molecular formula is C20H25ClN4O2. The third-order valence-electron chi connectivity index (χ3n) is 4.51. The molecular weight excluding hydrogens is 364 g/mol. The van der Waals surface area contributed by atoms with Crippen molar-refractivity contribution in [3.63, 3.8) is 0 Å². The van der Waals surface area contributed by atoms with Gasteiger partial charge in [0.1, 0.15) is 0 Å². The maximum absolute atomic E-state index is 12.1. The number of amides is 1. The molecule has 1 N–H and O–H groups in total. The van der Waals surface area contributed by atoms with E-state index in [0.29, 0.717) is 29.3 Å². The van der Waals surface area contributed by atoms with Crippen LogP contribution in [-0.2, 0) is 11.3 Å². The Labute approximate surface area is 164 Å². The lowest BCUT2D eigenvalue weighted by Gasteiger charge is -2.31. The Morgan fingerprint density at radius 2 is 2.11 bits per heavy atom. The van der Waals surface area contributed by atoms with Crippen LogP contribution in [-0.4, -0.2) is 35.6 Å². The second kappa shape index (κ2) is 9.04. The van der Waals surface area contributed by atoms with Gasteiger partial charge in [0.05, 0.1) is 0 Å². The van der Waals surface area contributed by atoms with E-state index in [1.165, 1.54) is 6.42 Å². The van der Waals surface area contributed by atoms with Gasteiger partial charge in [0.15, 0.2) is 6.61 Å². The van der Waals surface area contributed by atoms with Crippen LogP contribution in [0.2, 0.25) is 5.02 Å². The van der Waals surface area contributed by atoms with E-state index in [-0.39, 0.29) is 12.5 Å². The molecule has 3 rings (SSSR count). The van der Waals surface area contributed by atoms with Crippen molar-refractivity contribution in [2.24, 2.45) is 5.92 Å². The van der Waals surface area contributed by atoms with E-state index in [0.717, 1.165) is 30.8 Å². The maximum Gasteiger partial charge on any atom is 0.258 e. The van der Waals surface area contributed by atoms with E-state index in [2.05, 4.69) is 27.1 Å². The topological polar surface area (TPSA) is 67.3 Å². The third-order valence-corrected chi connectivity index (χ3v) is 4.76. The van der Waals surface area contributed by atoms with Crippen molar-refractivity contribution in [1.82, 2.24) is 15.3 Å². The summed E-state index contributed by atoms with van der Waals surface area (Å²) in [6.07, 6.45) is 2.38. The quantitative estimate of drug-likeness (QED) is 0.821. The van der Waals surface area contributed by atoms with Gasteiger partial charge in [-0.05, 0) is 43.4 Å². The minimum absolute atomic E-state index is 0.0834. The summed E-state index contributed by atoms with van der Waals surface area (Å²) in [5, 5.41) is 3.50. The van der Waals surface area contributed by atoms with Crippen molar-refractivity contribution in [3.05, 3.63) is 46.6 Å². The number of ether oxygens (including phenoxy) is 1. The first-order valence-electron chi connectivity index (χ1n) is 9.24. The molecule has 0 unspecified atom stereocenters. The van der Waals surface area contributed by atoms with Gasteiger partial charge in [0, 0.05) is 36.4 Å². The fourth-order valence-electron chi connectivity index (χ4n) is 3.10. The lowest BCUT2D eigenvalue weighted by molar-refractivity contribution is -0.123. The number of hydrogen-bond donors (Lipinski definition) is 1. The zero-order valence-electron chi connectivity index (χ0n) is 15.7. The summed E-state index contributed by atoms with van der Waals surface area (Å²) in [6, 6.07) is 9.11. The first-order chi connectivity index (χ1) is 13.0. The zero-order chi connectivity index (χ0) is 19.2. The largest absolute Gasteiger partial charge is 0.467 e. The number of aryl methyl sites for hydroxylation is 1. The molecule has 7 heteroatoms. The third kappa shape index (κ3) is 5.82. The average Bonchev–Trinajstić information content (AvgIpc) is 2.65. The van der Waals surface area contributed by atoms with Gasteiger partial charge in [-0.15, -0.1) is 0 Å². The van der Waals surface area contributed by atoms with E-state index in [1.807, 2.05) is 19.1 Å². The Morgan fingerprint density at radius 3 is 2.85 bits per heavy atom. The van der Waals surface area contributed by atoms with Crippen molar-refractivity contribution < 1.29 is 9.53 Å². The van der Waals surface area contributed by atoms with Gasteiger partial charge in [-0.3, -0.25) is 4.79 Å². The van der Waals surface area contributed by atoms with Crippen LogP contribution < -0.4 is 15.0 Å². The van der Waals surface area contributed by atoms with E-state index in [9.17, 15) is 4.79 Å². The van der Waals surface area contributed by atoms with E-state index in [4.69, 9.17) is 16.3 Å². The molecule has 1 aliphatic rings. The summed E-state index contributed by atoms with van der Waals surface area (Å²) in [5.74, 6) is 1.54. The molecule has 1 aromatic heterocycles. The summed E-state index contributed by atoms with van der Waals surface area (Å²) in [5.41, 5.74) is 1.81. The standard InChI is InChI=1S/C20H25ClN4O2/c1-14-4-3-9-25(12-14)20-23-15(2)10-19(24-20)27-13-18(26)22-11-16-5-7-17(21)8-6-16/h5-8,10,14H,3-4,9,11-13H2,1-2H3,(H,22,26)/t14-/m0/s1.